The first kappa shape index (κ1) is 18.6. The zero-order valence-corrected chi connectivity index (χ0v) is 16.4. The number of nitrogens with one attached hydrogen (secondary N) is 2. The van der Waals surface area contributed by atoms with Gasteiger partial charge in [-0.05, 0) is 35.7 Å². The fourth-order valence-electron chi connectivity index (χ4n) is 3.88. The van der Waals surface area contributed by atoms with Crippen LogP contribution in [0.4, 0.5) is 5.69 Å². The number of benzene rings is 2. The van der Waals surface area contributed by atoms with Gasteiger partial charge < -0.3 is 19.9 Å². The highest BCUT2D eigenvalue weighted by molar-refractivity contribution is 5.84. The standard InChI is InChI=1S/C23H27N3O2/c1-26(2)18-9-7-16(8-10-18)20(13-25-23(27)17-11-12-28-15-17)21-14-24-22-6-4-3-5-19(21)22/h3-10,14,17,20,24H,11-13,15H2,1-2H3,(H,25,27)/t17-,20-/m1/s1. The second kappa shape index (κ2) is 8.07. The molecule has 0 saturated carbocycles. The van der Waals surface area contributed by atoms with Gasteiger partial charge in [-0.2, -0.15) is 0 Å². The summed E-state index contributed by atoms with van der Waals surface area (Å²) in [6.07, 6.45) is 2.88. The summed E-state index contributed by atoms with van der Waals surface area (Å²) in [7, 11) is 4.08. The van der Waals surface area contributed by atoms with Crippen molar-refractivity contribution in [1.29, 1.82) is 0 Å². The summed E-state index contributed by atoms with van der Waals surface area (Å²) in [5, 5.41) is 4.37. The lowest BCUT2D eigenvalue weighted by atomic mass is 9.90. The lowest BCUT2D eigenvalue weighted by molar-refractivity contribution is -0.124. The third-order valence-corrected chi connectivity index (χ3v) is 5.59. The zero-order valence-electron chi connectivity index (χ0n) is 16.4. The normalized spacial score (nSPS) is 17.6. The molecule has 1 saturated heterocycles. The lowest BCUT2D eigenvalue weighted by Gasteiger charge is -2.21. The van der Waals surface area contributed by atoms with Gasteiger partial charge in [0, 0.05) is 56.0 Å². The Kier molecular flexibility index (Phi) is 5.35. The molecule has 0 unspecified atom stereocenters. The van der Waals surface area contributed by atoms with Crippen LogP contribution in [0.3, 0.4) is 0 Å². The molecule has 5 heteroatoms. The van der Waals surface area contributed by atoms with Crippen LogP contribution < -0.4 is 10.2 Å². The van der Waals surface area contributed by atoms with Crippen molar-refractivity contribution in [3.63, 3.8) is 0 Å². The Bertz CT molecular complexity index is 940. The molecular formula is C23H27N3O2. The predicted octanol–water partition coefficient (Wildman–Crippen LogP) is 3.52. The van der Waals surface area contributed by atoms with E-state index in [-0.39, 0.29) is 17.7 Å². The molecule has 2 aromatic carbocycles. The Morgan fingerprint density at radius 1 is 1.21 bits per heavy atom. The number of carbonyl (C=O) groups is 1. The van der Waals surface area contributed by atoms with E-state index in [0.29, 0.717) is 19.8 Å². The first-order chi connectivity index (χ1) is 13.6. The Hall–Kier alpha value is -2.79. The molecule has 1 amide bonds. The summed E-state index contributed by atoms with van der Waals surface area (Å²) in [4.78, 5) is 18.0. The highest BCUT2D eigenvalue weighted by Crippen LogP contribution is 2.31. The summed E-state index contributed by atoms with van der Waals surface area (Å²) in [5.41, 5.74) is 4.67. The number of para-hydroxylation sites is 1. The molecular weight excluding hydrogens is 350 g/mol. The van der Waals surface area contributed by atoms with Gasteiger partial charge in [-0.1, -0.05) is 30.3 Å². The number of anilines is 1. The molecule has 2 N–H and O–H groups in total. The molecule has 3 aromatic rings. The lowest BCUT2D eigenvalue weighted by Crippen LogP contribution is -2.34. The topological polar surface area (TPSA) is 57.4 Å². The first-order valence-electron chi connectivity index (χ1n) is 9.82. The number of aromatic nitrogens is 1. The Morgan fingerprint density at radius 3 is 2.71 bits per heavy atom. The summed E-state index contributed by atoms with van der Waals surface area (Å²) in [5.74, 6) is 0.144. The molecule has 4 rings (SSSR count). The molecule has 0 aliphatic carbocycles. The van der Waals surface area contributed by atoms with Crippen molar-refractivity contribution in [2.24, 2.45) is 5.92 Å². The fraction of sp³-hybridized carbons (Fsp3) is 0.348. The number of ether oxygens (including phenoxy) is 1. The van der Waals surface area contributed by atoms with E-state index in [4.69, 9.17) is 4.74 Å². The van der Waals surface area contributed by atoms with E-state index in [2.05, 4.69) is 63.9 Å². The zero-order chi connectivity index (χ0) is 19.5. The number of aromatic amines is 1. The maximum atomic E-state index is 12.6. The molecule has 1 aromatic heterocycles. The highest BCUT2D eigenvalue weighted by atomic mass is 16.5. The smallest absolute Gasteiger partial charge is 0.225 e. The van der Waals surface area contributed by atoms with E-state index in [1.54, 1.807) is 0 Å². The molecule has 1 aliphatic heterocycles. The van der Waals surface area contributed by atoms with Crippen LogP contribution in [0.2, 0.25) is 0 Å². The van der Waals surface area contributed by atoms with Gasteiger partial charge in [-0.15, -0.1) is 0 Å². The Balaban J connectivity index is 1.63. The number of carbonyl (C=O) groups excluding carboxylic acids is 1. The van der Waals surface area contributed by atoms with E-state index in [1.807, 2.05) is 20.2 Å². The number of nitrogens with zero attached hydrogens (tertiary/aromatic N) is 1. The molecule has 146 valence electrons. The third-order valence-electron chi connectivity index (χ3n) is 5.59. The SMILES string of the molecule is CN(C)c1ccc([C@@H](CNC(=O)[C@@H]2CCOC2)c2c[nH]c3ccccc23)cc1. The van der Waals surface area contributed by atoms with Crippen molar-refractivity contribution < 1.29 is 9.53 Å². The van der Waals surface area contributed by atoms with Gasteiger partial charge in [0.2, 0.25) is 5.91 Å². The van der Waals surface area contributed by atoms with Crippen molar-refractivity contribution in [2.45, 2.75) is 12.3 Å². The van der Waals surface area contributed by atoms with E-state index < -0.39 is 0 Å². The second-order valence-corrected chi connectivity index (χ2v) is 7.63. The Labute approximate surface area is 165 Å². The highest BCUT2D eigenvalue weighted by Gasteiger charge is 2.25. The number of H-pyrrole nitrogens is 1. The summed E-state index contributed by atoms with van der Waals surface area (Å²) in [6, 6.07) is 16.9. The van der Waals surface area contributed by atoms with Crippen LogP contribution in [0.1, 0.15) is 23.5 Å². The molecule has 1 fully saturated rings. The van der Waals surface area contributed by atoms with Crippen molar-refractivity contribution in [3.05, 3.63) is 65.9 Å². The number of amides is 1. The number of hydrogen-bond donors (Lipinski definition) is 2. The fourth-order valence-corrected chi connectivity index (χ4v) is 3.88. The summed E-state index contributed by atoms with van der Waals surface area (Å²) < 4.78 is 5.36. The minimum Gasteiger partial charge on any atom is -0.381 e. The van der Waals surface area contributed by atoms with Crippen molar-refractivity contribution >= 4 is 22.5 Å². The molecule has 0 bridgehead atoms. The van der Waals surface area contributed by atoms with E-state index in [9.17, 15) is 4.79 Å². The van der Waals surface area contributed by atoms with Gasteiger partial charge in [0.05, 0.1) is 12.5 Å². The van der Waals surface area contributed by atoms with Crippen LogP contribution >= 0.6 is 0 Å². The van der Waals surface area contributed by atoms with Crippen molar-refractivity contribution in [2.75, 3.05) is 38.8 Å². The average molecular weight is 377 g/mol. The summed E-state index contributed by atoms with van der Waals surface area (Å²) in [6.45, 7) is 1.77. The largest absolute Gasteiger partial charge is 0.381 e. The molecule has 2 heterocycles. The van der Waals surface area contributed by atoms with Gasteiger partial charge in [-0.3, -0.25) is 4.79 Å². The number of hydrogen-bond acceptors (Lipinski definition) is 3. The Morgan fingerprint density at radius 2 is 2.00 bits per heavy atom. The second-order valence-electron chi connectivity index (χ2n) is 7.63. The maximum Gasteiger partial charge on any atom is 0.225 e. The minimum absolute atomic E-state index is 0.0280. The van der Waals surface area contributed by atoms with Gasteiger partial charge in [0.15, 0.2) is 0 Å². The van der Waals surface area contributed by atoms with Gasteiger partial charge in [0.25, 0.3) is 0 Å². The van der Waals surface area contributed by atoms with Crippen LogP contribution in [0.15, 0.2) is 54.7 Å². The van der Waals surface area contributed by atoms with E-state index >= 15 is 0 Å². The third kappa shape index (κ3) is 3.76. The molecule has 28 heavy (non-hydrogen) atoms. The van der Waals surface area contributed by atoms with Crippen LogP contribution in [0.5, 0.6) is 0 Å². The first-order valence-corrected chi connectivity index (χ1v) is 9.82. The van der Waals surface area contributed by atoms with Gasteiger partial charge in [-0.25, -0.2) is 0 Å². The van der Waals surface area contributed by atoms with Crippen LogP contribution in [0.25, 0.3) is 10.9 Å². The predicted molar refractivity (Wildman–Crippen MR) is 113 cm³/mol. The van der Waals surface area contributed by atoms with Crippen molar-refractivity contribution in [1.82, 2.24) is 10.3 Å². The molecule has 1 aliphatic rings. The molecule has 0 spiro atoms. The number of rotatable bonds is 6. The van der Waals surface area contributed by atoms with Crippen LogP contribution in [-0.4, -0.2) is 44.7 Å². The monoisotopic (exact) mass is 377 g/mol. The van der Waals surface area contributed by atoms with Crippen LogP contribution in [0, 0.1) is 5.92 Å². The number of fused-ring (bicyclic) bond motifs is 1. The molecule has 0 radical (unpaired) electrons. The van der Waals surface area contributed by atoms with E-state index in [0.717, 1.165) is 17.6 Å². The minimum atomic E-state index is -0.0280. The molecule has 2 atom stereocenters. The summed E-state index contributed by atoms with van der Waals surface area (Å²) >= 11 is 0. The van der Waals surface area contributed by atoms with Crippen LogP contribution in [-0.2, 0) is 9.53 Å². The van der Waals surface area contributed by atoms with Crippen molar-refractivity contribution in [3.8, 4) is 0 Å². The van der Waals surface area contributed by atoms with Gasteiger partial charge in [0.1, 0.15) is 0 Å². The average Bonchev–Trinajstić information content (AvgIpc) is 3.39. The quantitative estimate of drug-likeness (QED) is 0.691. The van der Waals surface area contributed by atoms with Gasteiger partial charge >= 0.3 is 0 Å². The maximum absolute atomic E-state index is 12.6. The molecule has 5 nitrogen and oxygen atoms in total. The van der Waals surface area contributed by atoms with E-state index in [1.165, 1.54) is 16.5 Å².